The van der Waals surface area contributed by atoms with Crippen LogP contribution >= 0.6 is 11.3 Å². The standard InChI is InChI=1S/C19H21N5OS/c1-11-3-5-13(6-4-11)9-16-12(2)21-19(26-16)22-18(25)17-14-10-20-8-7-15(14)23-24-17/h3-6,20H,7-10H2,1-2H3,(H,23,24)(H,21,22,25). The first kappa shape index (κ1) is 16.9. The van der Waals surface area contributed by atoms with Crippen molar-refractivity contribution < 1.29 is 4.79 Å². The molecule has 0 bridgehead atoms. The van der Waals surface area contributed by atoms with Gasteiger partial charge in [-0.3, -0.25) is 15.2 Å². The molecule has 0 atom stereocenters. The minimum Gasteiger partial charge on any atom is -0.312 e. The zero-order chi connectivity index (χ0) is 18.1. The fourth-order valence-electron chi connectivity index (χ4n) is 3.11. The number of fused-ring (bicyclic) bond motifs is 1. The number of nitrogens with zero attached hydrogens (tertiary/aromatic N) is 2. The van der Waals surface area contributed by atoms with E-state index in [2.05, 4.69) is 57.0 Å². The van der Waals surface area contributed by atoms with Crippen LogP contribution in [0.25, 0.3) is 0 Å². The Morgan fingerprint density at radius 2 is 2.08 bits per heavy atom. The maximum atomic E-state index is 12.6. The molecule has 6 nitrogen and oxygen atoms in total. The van der Waals surface area contributed by atoms with Crippen LogP contribution in [0.5, 0.6) is 0 Å². The van der Waals surface area contributed by atoms with Crippen molar-refractivity contribution in [2.45, 2.75) is 33.2 Å². The molecule has 1 aliphatic heterocycles. The van der Waals surface area contributed by atoms with Crippen LogP contribution in [0.2, 0.25) is 0 Å². The number of benzene rings is 1. The van der Waals surface area contributed by atoms with Crippen molar-refractivity contribution in [1.29, 1.82) is 0 Å². The normalized spacial score (nSPS) is 13.5. The summed E-state index contributed by atoms with van der Waals surface area (Å²) in [6.45, 7) is 5.64. The van der Waals surface area contributed by atoms with Crippen LogP contribution < -0.4 is 10.6 Å². The number of aryl methyl sites for hydroxylation is 2. The first-order valence-electron chi connectivity index (χ1n) is 8.70. The number of anilines is 1. The van der Waals surface area contributed by atoms with Gasteiger partial charge < -0.3 is 5.32 Å². The molecule has 0 saturated carbocycles. The third-order valence-corrected chi connectivity index (χ3v) is 5.69. The van der Waals surface area contributed by atoms with Crippen LogP contribution in [-0.2, 0) is 19.4 Å². The van der Waals surface area contributed by atoms with Gasteiger partial charge in [0.1, 0.15) is 0 Å². The van der Waals surface area contributed by atoms with Crippen molar-refractivity contribution in [2.24, 2.45) is 0 Å². The topological polar surface area (TPSA) is 82.7 Å². The summed E-state index contributed by atoms with van der Waals surface area (Å²) >= 11 is 1.52. The molecule has 1 amide bonds. The van der Waals surface area contributed by atoms with E-state index in [9.17, 15) is 4.79 Å². The molecule has 4 rings (SSSR count). The van der Waals surface area contributed by atoms with E-state index < -0.39 is 0 Å². The third-order valence-electron chi connectivity index (χ3n) is 4.62. The van der Waals surface area contributed by atoms with Crippen molar-refractivity contribution in [1.82, 2.24) is 20.5 Å². The summed E-state index contributed by atoms with van der Waals surface area (Å²) in [4.78, 5) is 18.3. The summed E-state index contributed by atoms with van der Waals surface area (Å²) < 4.78 is 0. The van der Waals surface area contributed by atoms with E-state index >= 15 is 0 Å². The zero-order valence-corrected chi connectivity index (χ0v) is 15.7. The number of thiazole rings is 1. The highest BCUT2D eigenvalue weighted by Gasteiger charge is 2.22. The number of H-pyrrole nitrogens is 1. The summed E-state index contributed by atoms with van der Waals surface area (Å²) in [5, 5.41) is 14.0. The number of carbonyl (C=O) groups excluding carboxylic acids is 1. The Morgan fingerprint density at radius 1 is 1.27 bits per heavy atom. The number of carbonyl (C=O) groups is 1. The molecule has 0 radical (unpaired) electrons. The minimum absolute atomic E-state index is 0.207. The highest BCUT2D eigenvalue weighted by atomic mass is 32.1. The van der Waals surface area contributed by atoms with Crippen LogP contribution in [-0.4, -0.2) is 27.6 Å². The predicted octanol–water partition coefficient (Wildman–Crippen LogP) is 2.97. The van der Waals surface area contributed by atoms with Gasteiger partial charge in [0, 0.05) is 42.1 Å². The van der Waals surface area contributed by atoms with Crippen molar-refractivity contribution in [3.05, 3.63) is 62.9 Å². The number of amides is 1. The lowest BCUT2D eigenvalue weighted by Crippen LogP contribution is -2.25. The van der Waals surface area contributed by atoms with Gasteiger partial charge in [0.2, 0.25) is 0 Å². The van der Waals surface area contributed by atoms with Crippen molar-refractivity contribution >= 4 is 22.4 Å². The summed E-state index contributed by atoms with van der Waals surface area (Å²) in [6, 6.07) is 8.50. The lowest BCUT2D eigenvalue weighted by atomic mass is 10.1. The molecule has 0 unspecified atom stereocenters. The summed E-state index contributed by atoms with van der Waals surface area (Å²) in [5.74, 6) is -0.207. The maximum Gasteiger partial charge on any atom is 0.278 e. The molecule has 0 fully saturated rings. The molecule has 3 aromatic rings. The molecule has 0 spiro atoms. The molecule has 1 aromatic carbocycles. The Labute approximate surface area is 156 Å². The Morgan fingerprint density at radius 3 is 2.88 bits per heavy atom. The molecule has 3 heterocycles. The van der Waals surface area contributed by atoms with Crippen molar-refractivity contribution in [3.8, 4) is 0 Å². The molecule has 26 heavy (non-hydrogen) atoms. The van der Waals surface area contributed by atoms with E-state index in [0.717, 1.165) is 41.2 Å². The molecule has 0 aliphatic carbocycles. The van der Waals surface area contributed by atoms with Crippen LogP contribution in [0.3, 0.4) is 0 Å². The fourth-order valence-corrected chi connectivity index (χ4v) is 4.10. The smallest absolute Gasteiger partial charge is 0.278 e. The summed E-state index contributed by atoms with van der Waals surface area (Å²) in [7, 11) is 0. The molecule has 0 saturated heterocycles. The average Bonchev–Trinajstić information content (AvgIpc) is 3.20. The highest BCUT2D eigenvalue weighted by molar-refractivity contribution is 7.15. The molecule has 7 heteroatoms. The predicted molar refractivity (Wildman–Crippen MR) is 103 cm³/mol. The van der Waals surface area contributed by atoms with Crippen molar-refractivity contribution in [3.63, 3.8) is 0 Å². The van der Waals surface area contributed by atoms with E-state index in [1.807, 2.05) is 6.92 Å². The maximum absolute atomic E-state index is 12.6. The minimum atomic E-state index is -0.207. The van der Waals surface area contributed by atoms with Gasteiger partial charge in [0.05, 0.1) is 5.69 Å². The summed E-state index contributed by atoms with van der Waals surface area (Å²) in [5.41, 5.74) is 5.91. The number of aromatic amines is 1. The Bertz CT molecular complexity index is 941. The van der Waals surface area contributed by atoms with Gasteiger partial charge in [-0.05, 0) is 19.4 Å². The van der Waals surface area contributed by atoms with E-state index in [4.69, 9.17) is 0 Å². The second kappa shape index (κ2) is 7.01. The van der Waals surface area contributed by atoms with E-state index in [1.54, 1.807) is 0 Å². The monoisotopic (exact) mass is 367 g/mol. The van der Waals surface area contributed by atoms with Gasteiger partial charge in [-0.1, -0.05) is 29.8 Å². The van der Waals surface area contributed by atoms with Gasteiger partial charge in [-0.25, -0.2) is 4.98 Å². The van der Waals surface area contributed by atoms with Gasteiger partial charge in [-0.2, -0.15) is 5.10 Å². The average molecular weight is 367 g/mol. The second-order valence-electron chi connectivity index (χ2n) is 6.60. The van der Waals surface area contributed by atoms with Crippen molar-refractivity contribution in [2.75, 3.05) is 11.9 Å². The highest BCUT2D eigenvalue weighted by Crippen LogP contribution is 2.26. The summed E-state index contributed by atoms with van der Waals surface area (Å²) in [6.07, 6.45) is 1.69. The largest absolute Gasteiger partial charge is 0.312 e. The van der Waals surface area contributed by atoms with E-state index in [1.165, 1.54) is 22.5 Å². The molecule has 134 valence electrons. The van der Waals surface area contributed by atoms with Crippen LogP contribution in [0, 0.1) is 13.8 Å². The molecule has 1 aliphatic rings. The number of nitrogens with one attached hydrogen (secondary N) is 3. The lowest BCUT2D eigenvalue weighted by Gasteiger charge is -2.12. The first-order valence-corrected chi connectivity index (χ1v) is 9.52. The van der Waals surface area contributed by atoms with Gasteiger partial charge >= 0.3 is 0 Å². The fraction of sp³-hybridized carbons (Fsp3) is 0.316. The van der Waals surface area contributed by atoms with E-state index in [0.29, 0.717) is 17.4 Å². The Kier molecular flexibility index (Phi) is 4.57. The van der Waals surface area contributed by atoms with E-state index in [-0.39, 0.29) is 5.91 Å². The SMILES string of the molecule is Cc1ccc(Cc2sc(NC(=O)c3n[nH]c4c3CNCC4)nc2C)cc1. The first-order chi connectivity index (χ1) is 12.6. The lowest BCUT2D eigenvalue weighted by molar-refractivity contribution is 0.102. The van der Waals surface area contributed by atoms with Gasteiger partial charge in [0.25, 0.3) is 5.91 Å². The van der Waals surface area contributed by atoms with Gasteiger partial charge in [-0.15, -0.1) is 11.3 Å². The van der Waals surface area contributed by atoms with Crippen LogP contribution in [0.4, 0.5) is 5.13 Å². The Balaban J connectivity index is 1.49. The Hall–Kier alpha value is -2.51. The van der Waals surface area contributed by atoms with Crippen LogP contribution in [0.1, 0.15) is 43.4 Å². The molecule has 3 N–H and O–H groups in total. The number of aromatic nitrogens is 3. The van der Waals surface area contributed by atoms with Gasteiger partial charge in [0.15, 0.2) is 10.8 Å². The molecular formula is C19H21N5OS. The zero-order valence-electron chi connectivity index (χ0n) is 14.8. The van der Waals surface area contributed by atoms with Crippen LogP contribution in [0.15, 0.2) is 24.3 Å². The quantitative estimate of drug-likeness (QED) is 0.662. The second-order valence-corrected chi connectivity index (χ2v) is 7.68. The molecule has 2 aromatic heterocycles. The third kappa shape index (κ3) is 3.40. The number of hydrogen-bond acceptors (Lipinski definition) is 5. The molecular weight excluding hydrogens is 346 g/mol. The number of rotatable bonds is 4. The number of hydrogen-bond donors (Lipinski definition) is 3.